The van der Waals surface area contributed by atoms with Gasteiger partial charge in [0, 0.05) is 11.8 Å². The first-order chi connectivity index (χ1) is 11.6. The van der Waals surface area contributed by atoms with Crippen molar-refractivity contribution in [2.45, 2.75) is 12.1 Å². The number of nitrogens with zero attached hydrogens (tertiary/aromatic N) is 1. The van der Waals surface area contributed by atoms with Crippen LogP contribution in [0.2, 0.25) is 0 Å². The van der Waals surface area contributed by atoms with Gasteiger partial charge >= 0.3 is 0 Å². The van der Waals surface area contributed by atoms with Crippen molar-refractivity contribution >= 4 is 11.6 Å². The second-order valence-corrected chi connectivity index (χ2v) is 5.49. The standard InChI is InChI=1S/C18H20N2O4/c1-22-13-6-4-5-12(10-13)20-17(16(19)18(20)21)11-7-8-14(23-2)15(9-11)24-3/h4-10,16-17H,19H2,1-3H3/t16-,17+/m0/s1. The molecule has 126 valence electrons. The molecule has 0 aliphatic carbocycles. The molecule has 0 saturated carbocycles. The maximum Gasteiger partial charge on any atom is 0.247 e. The highest BCUT2D eigenvalue weighted by Gasteiger charge is 2.47. The van der Waals surface area contributed by atoms with E-state index in [1.54, 1.807) is 26.2 Å². The number of methoxy groups -OCH3 is 3. The highest BCUT2D eigenvalue weighted by Crippen LogP contribution is 2.41. The first kappa shape index (κ1) is 16.1. The second kappa shape index (κ2) is 6.41. The van der Waals surface area contributed by atoms with E-state index in [1.165, 1.54) is 0 Å². The van der Waals surface area contributed by atoms with E-state index < -0.39 is 6.04 Å². The number of carbonyl (C=O) groups excluding carboxylic acids is 1. The van der Waals surface area contributed by atoms with Crippen molar-refractivity contribution in [2.24, 2.45) is 5.73 Å². The number of benzene rings is 2. The Balaban J connectivity index is 1.98. The number of anilines is 1. The average molecular weight is 328 g/mol. The third-order valence-corrected chi connectivity index (χ3v) is 4.22. The second-order valence-electron chi connectivity index (χ2n) is 5.49. The summed E-state index contributed by atoms with van der Waals surface area (Å²) in [5.41, 5.74) is 7.71. The molecule has 1 amide bonds. The minimum absolute atomic E-state index is 0.122. The van der Waals surface area contributed by atoms with Crippen LogP contribution < -0.4 is 24.8 Å². The fraction of sp³-hybridized carbons (Fsp3) is 0.278. The van der Waals surface area contributed by atoms with E-state index in [-0.39, 0.29) is 11.9 Å². The molecule has 0 spiro atoms. The molecule has 1 aliphatic heterocycles. The Kier molecular flexibility index (Phi) is 4.31. The number of β-lactam (4-membered cyclic amide) rings is 1. The molecule has 0 radical (unpaired) electrons. The summed E-state index contributed by atoms with van der Waals surface area (Å²) in [5, 5.41) is 0. The highest BCUT2D eigenvalue weighted by molar-refractivity contribution is 6.05. The summed E-state index contributed by atoms with van der Waals surface area (Å²) in [6.45, 7) is 0. The van der Waals surface area contributed by atoms with Crippen molar-refractivity contribution in [3.8, 4) is 17.2 Å². The SMILES string of the molecule is COc1cccc(N2C(=O)[C@@H](N)[C@H]2c2ccc(OC)c(OC)c2)c1. The van der Waals surface area contributed by atoms with Gasteiger partial charge in [-0.25, -0.2) is 0 Å². The molecule has 6 heteroatoms. The Hall–Kier alpha value is -2.73. The van der Waals surface area contributed by atoms with Crippen LogP contribution in [0.15, 0.2) is 42.5 Å². The molecule has 2 aromatic carbocycles. The van der Waals surface area contributed by atoms with Gasteiger partial charge in [0.1, 0.15) is 11.8 Å². The van der Waals surface area contributed by atoms with Gasteiger partial charge in [-0.05, 0) is 29.8 Å². The van der Waals surface area contributed by atoms with Crippen molar-refractivity contribution < 1.29 is 19.0 Å². The van der Waals surface area contributed by atoms with Crippen LogP contribution in [-0.4, -0.2) is 33.3 Å². The summed E-state index contributed by atoms with van der Waals surface area (Å²) in [6.07, 6.45) is 0. The number of ether oxygens (including phenoxy) is 3. The normalized spacial score (nSPS) is 19.7. The quantitative estimate of drug-likeness (QED) is 0.851. The van der Waals surface area contributed by atoms with Crippen molar-refractivity contribution in [1.29, 1.82) is 0 Å². The zero-order chi connectivity index (χ0) is 17.3. The molecule has 1 fully saturated rings. The number of rotatable bonds is 5. The summed E-state index contributed by atoms with van der Waals surface area (Å²) in [5.74, 6) is 1.80. The number of carbonyl (C=O) groups is 1. The van der Waals surface area contributed by atoms with Crippen LogP contribution in [0.25, 0.3) is 0 Å². The molecule has 0 unspecified atom stereocenters. The van der Waals surface area contributed by atoms with Crippen molar-refractivity contribution in [2.75, 3.05) is 26.2 Å². The summed E-state index contributed by atoms with van der Waals surface area (Å²) >= 11 is 0. The predicted molar refractivity (Wildman–Crippen MR) is 90.7 cm³/mol. The average Bonchev–Trinajstić information content (AvgIpc) is 2.64. The van der Waals surface area contributed by atoms with Crippen LogP contribution in [0.5, 0.6) is 17.2 Å². The van der Waals surface area contributed by atoms with Gasteiger partial charge in [0.2, 0.25) is 5.91 Å². The molecular weight excluding hydrogens is 308 g/mol. The van der Waals surface area contributed by atoms with Gasteiger partial charge < -0.3 is 24.8 Å². The molecule has 1 saturated heterocycles. The van der Waals surface area contributed by atoms with E-state index in [2.05, 4.69) is 0 Å². The molecule has 0 aromatic heterocycles. The highest BCUT2D eigenvalue weighted by atomic mass is 16.5. The Morgan fingerprint density at radius 3 is 2.38 bits per heavy atom. The van der Waals surface area contributed by atoms with E-state index in [0.29, 0.717) is 17.2 Å². The van der Waals surface area contributed by atoms with Gasteiger partial charge in [0.05, 0.1) is 27.4 Å². The smallest absolute Gasteiger partial charge is 0.247 e. The van der Waals surface area contributed by atoms with Gasteiger partial charge in [-0.15, -0.1) is 0 Å². The largest absolute Gasteiger partial charge is 0.497 e. The van der Waals surface area contributed by atoms with E-state index >= 15 is 0 Å². The third-order valence-electron chi connectivity index (χ3n) is 4.22. The molecule has 0 bridgehead atoms. The van der Waals surface area contributed by atoms with Crippen LogP contribution in [0.4, 0.5) is 5.69 Å². The molecule has 2 aromatic rings. The minimum Gasteiger partial charge on any atom is -0.497 e. The van der Waals surface area contributed by atoms with Crippen LogP contribution in [0.3, 0.4) is 0 Å². The van der Waals surface area contributed by atoms with Gasteiger partial charge in [-0.3, -0.25) is 4.79 Å². The zero-order valence-corrected chi connectivity index (χ0v) is 13.9. The molecule has 2 N–H and O–H groups in total. The summed E-state index contributed by atoms with van der Waals surface area (Å²) in [7, 11) is 4.75. The first-order valence-corrected chi connectivity index (χ1v) is 7.55. The van der Waals surface area contributed by atoms with Crippen LogP contribution in [0.1, 0.15) is 11.6 Å². The third kappa shape index (κ3) is 2.55. The van der Waals surface area contributed by atoms with E-state index in [4.69, 9.17) is 19.9 Å². The maximum atomic E-state index is 12.3. The molecule has 3 rings (SSSR count). The molecular formula is C18H20N2O4. The van der Waals surface area contributed by atoms with Crippen molar-refractivity contribution in [3.63, 3.8) is 0 Å². The fourth-order valence-electron chi connectivity index (χ4n) is 2.95. The van der Waals surface area contributed by atoms with Crippen molar-refractivity contribution in [3.05, 3.63) is 48.0 Å². The summed E-state index contributed by atoms with van der Waals surface area (Å²) in [4.78, 5) is 14.0. The number of nitrogens with two attached hydrogens (primary N) is 1. The summed E-state index contributed by atoms with van der Waals surface area (Å²) in [6, 6.07) is 12.1. The topological polar surface area (TPSA) is 74.0 Å². The van der Waals surface area contributed by atoms with Gasteiger partial charge in [-0.2, -0.15) is 0 Å². The Bertz CT molecular complexity index is 762. The lowest BCUT2D eigenvalue weighted by molar-refractivity contribution is -0.126. The van der Waals surface area contributed by atoms with E-state index in [1.807, 2.05) is 42.5 Å². The molecule has 1 aliphatic rings. The monoisotopic (exact) mass is 328 g/mol. The molecule has 24 heavy (non-hydrogen) atoms. The minimum atomic E-state index is -0.589. The van der Waals surface area contributed by atoms with E-state index in [9.17, 15) is 4.79 Å². The number of hydrogen-bond acceptors (Lipinski definition) is 5. The lowest BCUT2D eigenvalue weighted by atomic mass is 9.88. The summed E-state index contributed by atoms with van der Waals surface area (Å²) < 4.78 is 15.8. The Morgan fingerprint density at radius 1 is 0.958 bits per heavy atom. The lowest BCUT2D eigenvalue weighted by Gasteiger charge is -2.45. The van der Waals surface area contributed by atoms with Crippen LogP contribution in [0, 0.1) is 0 Å². The molecule has 6 nitrogen and oxygen atoms in total. The Labute approximate surface area is 140 Å². The zero-order valence-electron chi connectivity index (χ0n) is 13.9. The lowest BCUT2D eigenvalue weighted by Crippen LogP contribution is -2.63. The molecule has 1 heterocycles. The van der Waals surface area contributed by atoms with Gasteiger partial charge in [0.25, 0.3) is 0 Å². The fourth-order valence-corrected chi connectivity index (χ4v) is 2.95. The maximum absolute atomic E-state index is 12.3. The Morgan fingerprint density at radius 2 is 1.71 bits per heavy atom. The van der Waals surface area contributed by atoms with Crippen molar-refractivity contribution in [1.82, 2.24) is 0 Å². The number of amides is 1. The first-order valence-electron chi connectivity index (χ1n) is 7.55. The molecule has 2 atom stereocenters. The van der Waals surface area contributed by atoms with E-state index in [0.717, 1.165) is 11.3 Å². The van der Waals surface area contributed by atoms with Gasteiger partial charge in [0.15, 0.2) is 11.5 Å². The number of hydrogen-bond donors (Lipinski definition) is 1. The van der Waals surface area contributed by atoms with Crippen LogP contribution >= 0.6 is 0 Å². The van der Waals surface area contributed by atoms with Gasteiger partial charge in [-0.1, -0.05) is 12.1 Å². The predicted octanol–water partition coefficient (Wildman–Crippen LogP) is 2.13. The van der Waals surface area contributed by atoms with Crippen LogP contribution in [-0.2, 0) is 4.79 Å².